The van der Waals surface area contributed by atoms with Crippen molar-refractivity contribution in [2.45, 2.75) is 39.0 Å². The molecule has 3 aromatic rings. The van der Waals surface area contributed by atoms with E-state index in [9.17, 15) is 14.7 Å². The zero-order chi connectivity index (χ0) is 29.1. The number of ketones is 1. The number of aliphatic hydroxyl groups excluding tert-OH is 1. The second-order valence-electron chi connectivity index (χ2n) is 10.7. The average molecular weight is 557 g/mol. The molecule has 2 atom stereocenters. The monoisotopic (exact) mass is 556 g/mol. The van der Waals surface area contributed by atoms with Crippen LogP contribution in [0.3, 0.4) is 0 Å². The molecule has 0 saturated carbocycles. The van der Waals surface area contributed by atoms with E-state index in [2.05, 4.69) is 0 Å². The highest BCUT2D eigenvalue weighted by Gasteiger charge is 2.46. The molecule has 2 aliphatic rings. The van der Waals surface area contributed by atoms with Crippen molar-refractivity contribution in [2.75, 3.05) is 33.8 Å². The number of ether oxygens (including phenoxy) is 3. The number of likely N-dealkylation sites (tertiary alicyclic amines) is 1. The predicted molar refractivity (Wildman–Crippen MR) is 156 cm³/mol. The molecular weight excluding hydrogens is 520 g/mol. The molecule has 1 N–H and O–H groups in total. The number of hydrogen-bond donors (Lipinski definition) is 1. The van der Waals surface area contributed by atoms with Gasteiger partial charge >= 0.3 is 0 Å². The highest BCUT2D eigenvalue weighted by atomic mass is 16.5. The van der Waals surface area contributed by atoms with E-state index < -0.39 is 17.7 Å². The number of likely N-dealkylation sites (N-methyl/N-ethyl adjacent to an activating group) is 1. The van der Waals surface area contributed by atoms with Gasteiger partial charge in [0.15, 0.2) is 11.5 Å². The Morgan fingerprint density at radius 2 is 1.80 bits per heavy atom. The lowest BCUT2D eigenvalue weighted by atomic mass is 9.94. The van der Waals surface area contributed by atoms with Gasteiger partial charge in [0.2, 0.25) is 0 Å². The number of carbonyl (C=O) groups excluding carboxylic acids is 2. The molecule has 1 saturated heterocycles. The molecule has 0 aromatic heterocycles. The van der Waals surface area contributed by atoms with Crippen LogP contribution in [-0.2, 0) is 22.6 Å². The molecule has 1 fully saturated rings. The van der Waals surface area contributed by atoms with Crippen LogP contribution >= 0.6 is 0 Å². The third kappa shape index (κ3) is 5.93. The van der Waals surface area contributed by atoms with Gasteiger partial charge in [-0.3, -0.25) is 9.59 Å². The first kappa shape index (κ1) is 28.2. The maximum atomic E-state index is 13.5. The van der Waals surface area contributed by atoms with Gasteiger partial charge in [0.05, 0.1) is 18.2 Å². The normalized spacial score (nSPS) is 19.4. The Kier molecular flexibility index (Phi) is 8.31. The van der Waals surface area contributed by atoms with Crippen molar-refractivity contribution in [3.8, 4) is 17.2 Å². The highest BCUT2D eigenvalue weighted by Crippen LogP contribution is 2.43. The van der Waals surface area contributed by atoms with Gasteiger partial charge in [-0.05, 0) is 75.0 Å². The fourth-order valence-electron chi connectivity index (χ4n) is 5.31. The lowest BCUT2D eigenvalue weighted by molar-refractivity contribution is -0.140. The Morgan fingerprint density at radius 3 is 2.54 bits per heavy atom. The zero-order valence-electron chi connectivity index (χ0n) is 23.9. The second kappa shape index (κ2) is 12.1. The van der Waals surface area contributed by atoms with Gasteiger partial charge in [-0.15, -0.1) is 0 Å². The quantitative estimate of drug-likeness (QED) is 0.214. The first-order chi connectivity index (χ1) is 19.8. The number of hydrogen-bond acceptors (Lipinski definition) is 7. The van der Waals surface area contributed by atoms with Crippen LogP contribution in [0.2, 0.25) is 0 Å². The van der Waals surface area contributed by atoms with Gasteiger partial charge in [-0.25, -0.2) is 0 Å². The fraction of sp³-hybridized carbons (Fsp3) is 0.333. The molecule has 3 aromatic carbocycles. The van der Waals surface area contributed by atoms with Crippen molar-refractivity contribution >= 4 is 17.4 Å². The lowest BCUT2D eigenvalue weighted by Crippen LogP contribution is -2.35. The molecule has 8 heteroatoms. The number of aliphatic hydroxyl groups is 1. The molecule has 0 bridgehead atoms. The minimum atomic E-state index is -0.791. The molecule has 2 heterocycles. The molecular formula is C33H36N2O6. The van der Waals surface area contributed by atoms with Gasteiger partial charge in [0.25, 0.3) is 11.7 Å². The highest BCUT2D eigenvalue weighted by molar-refractivity contribution is 6.46. The second-order valence-corrected chi connectivity index (χ2v) is 10.7. The summed E-state index contributed by atoms with van der Waals surface area (Å²) in [5.74, 6) is 0.271. The maximum Gasteiger partial charge on any atom is 0.295 e. The first-order valence-corrected chi connectivity index (χ1v) is 13.9. The SMILES string of the molecule is CCOc1cc([C@H]2/C(=C(\O)c3ccc4c(c3)C[C@H](C)O4)C(=O)C(=O)N2CCN(C)C)ccc1OCc1ccccc1. The Balaban J connectivity index is 1.56. The minimum absolute atomic E-state index is 0.0404. The summed E-state index contributed by atoms with van der Waals surface area (Å²) < 4.78 is 17.8. The summed E-state index contributed by atoms with van der Waals surface area (Å²) >= 11 is 0. The van der Waals surface area contributed by atoms with E-state index in [0.717, 1.165) is 16.9 Å². The summed E-state index contributed by atoms with van der Waals surface area (Å²) in [4.78, 5) is 30.3. The third-order valence-electron chi connectivity index (χ3n) is 7.32. The maximum absolute atomic E-state index is 13.5. The van der Waals surface area contributed by atoms with Crippen LogP contribution in [0.25, 0.3) is 5.76 Å². The number of Topliss-reactive ketones (excluding diaryl/α,β-unsaturated/α-hetero) is 1. The smallest absolute Gasteiger partial charge is 0.295 e. The number of nitrogens with zero attached hydrogens (tertiary/aromatic N) is 2. The van der Waals surface area contributed by atoms with E-state index in [-0.39, 0.29) is 17.4 Å². The Hall–Kier alpha value is -4.30. The molecule has 2 aliphatic heterocycles. The van der Waals surface area contributed by atoms with Gasteiger partial charge in [-0.2, -0.15) is 0 Å². The summed E-state index contributed by atoms with van der Waals surface area (Å²) in [5.41, 5.74) is 3.16. The fourth-order valence-corrected chi connectivity index (χ4v) is 5.31. The van der Waals surface area contributed by atoms with Gasteiger partial charge in [0.1, 0.15) is 24.2 Å². The first-order valence-electron chi connectivity index (χ1n) is 13.9. The number of amides is 1. The predicted octanol–water partition coefficient (Wildman–Crippen LogP) is 4.97. The molecule has 0 aliphatic carbocycles. The van der Waals surface area contributed by atoms with Crippen LogP contribution in [0.1, 0.15) is 42.1 Å². The summed E-state index contributed by atoms with van der Waals surface area (Å²) in [5, 5.41) is 11.5. The topological polar surface area (TPSA) is 88.5 Å². The largest absolute Gasteiger partial charge is 0.507 e. The van der Waals surface area contributed by atoms with Gasteiger partial charge in [0, 0.05) is 25.1 Å². The van der Waals surface area contributed by atoms with Gasteiger partial charge in [-0.1, -0.05) is 36.4 Å². The molecule has 41 heavy (non-hydrogen) atoms. The molecule has 0 radical (unpaired) electrons. The lowest BCUT2D eigenvalue weighted by Gasteiger charge is -2.27. The van der Waals surface area contributed by atoms with E-state index >= 15 is 0 Å². The minimum Gasteiger partial charge on any atom is -0.507 e. The van der Waals surface area contributed by atoms with Crippen LogP contribution in [0.15, 0.2) is 72.3 Å². The van der Waals surface area contributed by atoms with Crippen molar-refractivity contribution in [3.05, 3.63) is 94.6 Å². The molecule has 214 valence electrons. The number of benzene rings is 3. The van der Waals surface area contributed by atoms with Crippen LogP contribution in [-0.4, -0.2) is 66.5 Å². The molecule has 8 nitrogen and oxygen atoms in total. The molecule has 0 spiro atoms. The Labute approximate surface area is 240 Å². The van der Waals surface area contributed by atoms with E-state index in [1.807, 2.05) is 75.3 Å². The van der Waals surface area contributed by atoms with Crippen LogP contribution < -0.4 is 14.2 Å². The van der Waals surface area contributed by atoms with Crippen molar-refractivity contribution < 1.29 is 28.9 Å². The van der Waals surface area contributed by atoms with Crippen molar-refractivity contribution in [2.24, 2.45) is 0 Å². The number of carbonyl (C=O) groups is 2. The summed E-state index contributed by atoms with van der Waals surface area (Å²) in [6.45, 7) is 5.50. The Morgan fingerprint density at radius 1 is 1.02 bits per heavy atom. The van der Waals surface area contributed by atoms with Crippen LogP contribution in [0.4, 0.5) is 0 Å². The third-order valence-corrected chi connectivity index (χ3v) is 7.32. The molecule has 5 rings (SSSR count). The molecule has 0 unspecified atom stereocenters. The summed E-state index contributed by atoms with van der Waals surface area (Å²) in [6, 6.07) is 19.8. The Bertz CT molecular complexity index is 1470. The van der Waals surface area contributed by atoms with Crippen molar-refractivity contribution in [1.29, 1.82) is 0 Å². The molecule has 1 amide bonds. The van der Waals surface area contributed by atoms with E-state index in [1.165, 1.54) is 4.90 Å². The van der Waals surface area contributed by atoms with Crippen LogP contribution in [0, 0.1) is 0 Å². The van der Waals surface area contributed by atoms with E-state index in [1.54, 1.807) is 24.3 Å². The summed E-state index contributed by atoms with van der Waals surface area (Å²) in [7, 11) is 3.82. The summed E-state index contributed by atoms with van der Waals surface area (Å²) in [6.07, 6.45) is 0.748. The van der Waals surface area contributed by atoms with E-state index in [0.29, 0.717) is 55.4 Å². The van der Waals surface area contributed by atoms with Gasteiger partial charge < -0.3 is 29.1 Å². The van der Waals surface area contributed by atoms with E-state index in [4.69, 9.17) is 14.2 Å². The van der Waals surface area contributed by atoms with Crippen LogP contribution in [0.5, 0.6) is 17.2 Å². The number of rotatable bonds is 10. The number of fused-ring (bicyclic) bond motifs is 1. The van der Waals surface area contributed by atoms with Crippen molar-refractivity contribution in [1.82, 2.24) is 9.80 Å². The zero-order valence-corrected chi connectivity index (χ0v) is 23.9. The van der Waals surface area contributed by atoms with Crippen molar-refractivity contribution in [3.63, 3.8) is 0 Å². The standard InChI is InChI=1S/C33H36N2O6/c1-5-39-28-19-23(11-14-27(28)40-20-22-9-7-6-8-10-22)30-29(32(37)33(38)35(30)16-15-34(3)4)31(36)24-12-13-26-25(18-24)17-21(2)41-26/h6-14,18-19,21,30,36H,5,15-17,20H2,1-4H3/b31-29+/t21-,30-/m0/s1. The average Bonchev–Trinajstić information content (AvgIpc) is 3.46.